The second-order valence-electron chi connectivity index (χ2n) is 5.55. The first-order valence-corrected chi connectivity index (χ1v) is 6.92. The zero-order valence-corrected chi connectivity index (χ0v) is 11.7. The van der Waals surface area contributed by atoms with E-state index in [0.29, 0.717) is 12.3 Å². The maximum atomic E-state index is 11.4. The number of carboxylic acids is 1. The molecular weight excluding hydrogens is 214 g/mol. The lowest BCUT2D eigenvalue weighted by atomic mass is 9.76. The number of hydrogen-bond acceptors (Lipinski definition) is 2. The fraction of sp³-hybridized carbons (Fsp3) is 0.929. The van der Waals surface area contributed by atoms with Gasteiger partial charge in [0.15, 0.2) is 0 Å². The normalized spacial score (nSPS) is 14.9. The van der Waals surface area contributed by atoms with E-state index in [4.69, 9.17) is 5.73 Å². The standard InChI is InChI=1S/C14H29NO2/c1-4-5-6-7-8-9-14(11-15,13(16)17)10-12(2)3/h12H,4-11,15H2,1-3H3,(H,16,17). The molecule has 102 valence electrons. The van der Waals surface area contributed by atoms with Crippen LogP contribution in [0.5, 0.6) is 0 Å². The molecule has 0 amide bonds. The molecule has 3 N–H and O–H groups in total. The number of carbonyl (C=O) groups is 1. The highest BCUT2D eigenvalue weighted by Gasteiger charge is 2.36. The van der Waals surface area contributed by atoms with Crippen molar-refractivity contribution in [3.8, 4) is 0 Å². The van der Waals surface area contributed by atoms with Gasteiger partial charge in [0.2, 0.25) is 0 Å². The van der Waals surface area contributed by atoms with Gasteiger partial charge in [-0.2, -0.15) is 0 Å². The molecule has 3 heteroatoms. The first kappa shape index (κ1) is 16.4. The molecule has 0 aliphatic heterocycles. The van der Waals surface area contributed by atoms with Gasteiger partial charge in [0.25, 0.3) is 0 Å². The number of unbranched alkanes of at least 4 members (excludes halogenated alkanes) is 4. The van der Waals surface area contributed by atoms with Crippen LogP contribution in [0.15, 0.2) is 0 Å². The van der Waals surface area contributed by atoms with Gasteiger partial charge in [-0.1, -0.05) is 52.9 Å². The fourth-order valence-electron chi connectivity index (χ4n) is 2.42. The van der Waals surface area contributed by atoms with Crippen LogP contribution in [0.2, 0.25) is 0 Å². The van der Waals surface area contributed by atoms with Crippen LogP contribution >= 0.6 is 0 Å². The Morgan fingerprint density at radius 1 is 1.24 bits per heavy atom. The van der Waals surface area contributed by atoms with Crippen molar-refractivity contribution in [2.24, 2.45) is 17.1 Å². The lowest BCUT2D eigenvalue weighted by molar-refractivity contribution is -0.150. The molecule has 0 aromatic carbocycles. The van der Waals surface area contributed by atoms with Crippen LogP contribution in [0.4, 0.5) is 0 Å². The zero-order chi connectivity index (χ0) is 13.3. The minimum atomic E-state index is -0.718. The maximum Gasteiger partial charge on any atom is 0.310 e. The molecule has 0 aliphatic rings. The summed E-state index contributed by atoms with van der Waals surface area (Å²) in [6.45, 7) is 6.56. The second kappa shape index (κ2) is 8.51. The summed E-state index contributed by atoms with van der Waals surface area (Å²) in [5.74, 6) is -0.338. The Balaban J connectivity index is 4.23. The lowest BCUT2D eigenvalue weighted by Crippen LogP contribution is -2.39. The van der Waals surface area contributed by atoms with Gasteiger partial charge in [0.1, 0.15) is 0 Å². The number of rotatable bonds is 10. The Kier molecular flexibility index (Phi) is 8.23. The minimum absolute atomic E-state index is 0.258. The lowest BCUT2D eigenvalue weighted by Gasteiger charge is -2.29. The zero-order valence-electron chi connectivity index (χ0n) is 11.7. The molecule has 0 heterocycles. The highest BCUT2D eigenvalue weighted by molar-refractivity contribution is 5.74. The Hall–Kier alpha value is -0.570. The first-order chi connectivity index (χ1) is 7.98. The van der Waals surface area contributed by atoms with Crippen molar-refractivity contribution in [2.75, 3.05) is 6.54 Å². The van der Waals surface area contributed by atoms with Crippen molar-refractivity contribution in [1.82, 2.24) is 0 Å². The van der Waals surface area contributed by atoms with Crippen LogP contribution in [0.1, 0.15) is 65.7 Å². The minimum Gasteiger partial charge on any atom is -0.481 e. The monoisotopic (exact) mass is 243 g/mol. The maximum absolute atomic E-state index is 11.4. The van der Waals surface area contributed by atoms with E-state index in [9.17, 15) is 9.90 Å². The van der Waals surface area contributed by atoms with E-state index < -0.39 is 11.4 Å². The number of carboxylic acid groups (broad SMARTS) is 1. The number of nitrogens with two attached hydrogens (primary N) is 1. The Labute approximate surface area is 106 Å². The van der Waals surface area contributed by atoms with Gasteiger partial charge in [0, 0.05) is 6.54 Å². The molecule has 0 radical (unpaired) electrons. The van der Waals surface area contributed by atoms with Gasteiger partial charge < -0.3 is 10.8 Å². The molecule has 0 bridgehead atoms. The quantitative estimate of drug-likeness (QED) is 0.578. The van der Waals surface area contributed by atoms with Crippen LogP contribution in [-0.2, 0) is 4.79 Å². The van der Waals surface area contributed by atoms with Gasteiger partial charge in [-0.05, 0) is 18.8 Å². The first-order valence-electron chi connectivity index (χ1n) is 6.92. The van der Waals surface area contributed by atoms with E-state index in [1.54, 1.807) is 0 Å². The molecule has 0 saturated carbocycles. The fourth-order valence-corrected chi connectivity index (χ4v) is 2.42. The van der Waals surface area contributed by atoms with Crippen molar-refractivity contribution >= 4 is 5.97 Å². The molecule has 1 unspecified atom stereocenters. The highest BCUT2D eigenvalue weighted by Crippen LogP contribution is 2.32. The summed E-state index contributed by atoms with van der Waals surface area (Å²) in [4.78, 5) is 11.4. The predicted molar refractivity (Wildman–Crippen MR) is 72.0 cm³/mol. The van der Waals surface area contributed by atoms with Crippen molar-refractivity contribution in [1.29, 1.82) is 0 Å². The van der Waals surface area contributed by atoms with Crippen molar-refractivity contribution in [2.45, 2.75) is 65.7 Å². The van der Waals surface area contributed by atoms with Crippen LogP contribution in [0.25, 0.3) is 0 Å². The molecule has 17 heavy (non-hydrogen) atoms. The summed E-state index contributed by atoms with van der Waals surface area (Å²) in [5, 5.41) is 9.40. The van der Waals surface area contributed by atoms with Crippen molar-refractivity contribution < 1.29 is 9.90 Å². The van der Waals surface area contributed by atoms with E-state index in [2.05, 4.69) is 20.8 Å². The molecule has 0 aliphatic carbocycles. The summed E-state index contributed by atoms with van der Waals surface area (Å²) in [6, 6.07) is 0. The molecule has 0 spiro atoms. The van der Waals surface area contributed by atoms with Crippen LogP contribution in [0.3, 0.4) is 0 Å². The summed E-state index contributed by atoms with van der Waals surface area (Å²) in [5.41, 5.74) is 5.02. The topological polar surface area (TPSA) is 63.3 Å². The van der Waals surface area contributed by atoms with E-state index >= 15 is 0 Å². The second-order valence-corrected chi connectivity index (χ2v) is 5.55. The number of hydrogen-bond donors (Lipinski definition) is 2. The number of aliphatic carboxylic acids is 1. The van der Waals surface area contributed by atoms with E-state index in [1.165, 1.54) is 19.3 Å². The van der Waals surface area contributed by atoms with Gasteiger partial charge in [-0.15, -0.1) is 0 Å². The Morgan fingerprint density at radius 2 is 1.82 bits per heavy atom. The molecule has 0 fully saturated rings. The molecule has 0 rings (SSSR count). The summed E-state index contributed by atoms with van der Waals surface area (Å²) >= 11 is 0. The van der Waals surface area contributed by atoms with E-state index in [1.807, 2.05) is 0 Å². The average Bonchev–Trinajstić information content (AvgIpc) is 2.26. The molecular formula is C14H29NO2. The largest absolute Gasteiger partial charge is 0.481 e. The summed E-state index contributed by atoms with van der Waals surface area (Å²) in [7, 11) is 0. The molecule has 0 aromatic heterocycles. The molecule has 3 nitrogen and oxygen atoms in total. The van der Waals surface area contributed by atoms with Crippen LogP contribution < -0.4 is 5.73 Å². The van der Waals surface area contributed by atoms with Crippen LogP contribution in [-0.4, -0.2) is 17.6 Å². The van der Waals surface area contributed by atoms with Crippen molar-refractivity contribution in [3.05, 3.63) is 0 Å². The molecule has 0 aromatic rings. The molecule has 1 atom stereocenters. The van der Waals surface area contributed by atoms with Gasteiger partial charge in [0.05, 0.1) is 5.41 Å². The smallest absolute Gasteiger partial charge is 0.310 e. The average molecular weight is 243 g/mol. The third-order valence-electron chi connectivity index (χ3n) is 3.40. The van der Waals surface area contributed by atoms with Gasteiger partial charge >= 0.3 is 5.97 Å². The third-order valence-corrected chi connectivity index (χ3v) is 3.40. The van der Waals surface area contributed by atoms with Gasteiger partial charge in [-0.25, -0.2) is 0 Å². The Bertz CT molecular complexity index is 216. The van der Waals surface area contributed by atoms with Crippen LogP contribution in [0, 0.1) is 11.3 Å². The van der Waals surface area contributed by atoms with Crippen molar-refractivity contribution in [3.63, 3.8) is 0 Å². The van der Waals surface area contributed by atoms with E-state index in [0.717, 1.165) is 19.3 Å². The predicted octanol–water partition coefficient (Wildman–Crippen LogP) is 3.42. The van der Waals surface area contributed by atoms with Gasteiger partial charge in [-0.3, -0.25) is 4.79 Å². The molecule has 0 saturated heterocycles. The van der Waals surface area contributed by atoms with E-state index in [-0.39, 0.29) is 6.54 Å². The Morgan fingerprint density at radius 3 is 2.24 bits per heavy atom. The third kappa shape index (κ3) is 6.06. The summed E-state index contributed by atoms with van der Waals surface area (Å²) in [6.07, 6.45) is 7.18. The summed E-state index contributed by atoms with van der Waals surface area (Å²) < 4.78 is 0. The highest BCUT2D eigenvalue weighted by atomic mass is 16.4. The SMILES string of the molecule is CCCCCCCC(CN)(CC(C)C)C(=O)O.